The first-order chi connectivity index (χ1) is 23.6. The van der Waals surface area contributed by atoms with Crippen molar-refractivity contribution in [3.63, 3.8) is 0 Å². The normalized spacial score (nSPS) is 12.8. The number of hydrogen-bond donors (Lipinski definition) is 0. The Hall–Kier alpha value is -2.40. The summed E-state index contributed by atoms with van der Waals surface area (Å²) in [6.07, 6.45) is 46.7. The van der Waals surface area contributed by atoms with E-state index >= 15 is 0 Å². The highest BCUT2D eigenvalue weighted by molar-refractivity contribution is 5.71. The molecule has 1 atom stereocenters. The topological polar surface area (TPSA) is 61.8 Å². The van der Waals surface area contributed by atoms with Crippen molar-refractivity contribution in [2.75, 3.05) is 19.8 Å². The number of allylic oxidation sites excluding steroid dienone is 9. The first-order valence-electron chi connectivity index (χ1n) is 19.8. The summed E-state index contributed by atoms with van der Waals surface area (Å²) < 4.78 is 17.0. The minimum absolute atomic E-state index is 0.0318. The third-order valence-corrected chi connectivity index (χ3v) is 8.10. The number of carbonyl (C=O) groups excluding carboxylic acids is 2. The summed E-state index contributed by atoms with van der Waals surface area (Å²) in [6, 6.07) is 0. The van der Waals surface area contributed by atoms with Gasteiger partial charge in [0.1, 0.15) is 6.61 Å². The van der Waals surface area contributed by atoms with Gasteiger partial charge < -0.3 is 14.2 Å². The molecule has 0 aromatic rings. The van der Waals surface area contributed by atoms with Gasteiger partial charge in [-0.3, -0.25) is 9.59 Å². The molecule has 0 aromatic carbocycles. The van der Waals surface area contributed by atoms with E-state index in [-0.39, 0.29) is 31.6 Å². The van der Waals surface area contributed by atoms with Crippen LogP contribution < -0.4 is 0 Å². The van der Waals surface area contributed by atoms with E-state index in [0.717, 1.165) is 57.8 Å². The average Bonchev–Trinajstić information content (AvgIpc) is 3.08. The Labute approximate surface area is 296 Å². The molecule has 0 amide bonds. The van der Waals surface area contributed by atoms with Gasteiger partial charge >= 0.3 is 11.9 Å². The fourth-order valence-electron chi connectivity index (χ4n) is 5.17. The van der Waals surface area contributed by atoms with Crippen LogP contribution in [0.1, 0.15) is 175 Å². The van der Waals surface area contributed by atoms with E-state index in [0.29, 0.717) is 13.0 Å². The van der Waals surface area contributed by atoms with Crippen LogP contribution in [0.5, 0.6) is 0 Å². The minimum atomic E-state index is -0.567. The van der Waals surface area contributed by atoms with Crippen molar-refractivity contribution in [2.45, 2.75) is 181 Å². The first-order valence-corrected chi connectivity index (χ1v) is 19.8. The van der Waals surface area contributed by atoms with Crippen LogP contribution >= 0.6 is 0 Å². The lowest BCUT2D eigenvalue weighted by atomic mass is 10.1. The standard InChI is InChI=1S/C43H74O5/c1-4-7-10-13-16-18-20-21-22-23-25-26-28-30-33-36-42(44)47-40-41(39-46-38-35-32-15-12-9-6-3)48-43(45)37-34-31-29-27-24-19-17-14-11-8-5-2/h7,10,16,18,21-22,25-26,30,33,41H,4-6,8-9,11-15,17,19-20,23-24,27-29,31-32,34-40H2,1-3H3/b10-7-,18-16-,22-21-,26-25-,33-30-. The molecule has 0 saturated carbocycles. The van der Waals surface area contributed by atoms with E-state index in [9.17, 15) is 9.59 Å². The average molecular weight is 671 g/mol. The third-order valence-electron chi connectivity index (χ3n) is 8.10. The highest BCUT2D eigenvalue weighted by Gasteiger charge is 2.17. The van der Waals surface area contributed by atoms with Gasteiger partial charge in [-0.1, -0.05) is 178 Å². The van der Waals surface area contributed by atoms with Gasteiger partial charge in [-0.15, -0.1) is 0 Å². The van der Waals surface area contributed by atoms with Gasteiger partial charge in [0.05, 0.1) is 13.0 Å². The van der Waals surface area contributed by atoms with Gasteiger partial charge in [-0.05, 0) is 44.9 Å². The Morgan fingerprint density at radius 3 is 1.42 bits per heavy atom. The third kappa shape index (κ3) is 36.4. The molecule has 0 heterocycles. The van der Waals surface area contributed by atoms with Gasteiger partial charge in [0.25, 0.3) is 0 Å². The molecule has 0 N–H and O–H groups in total. The highest BCUT2D eigenvalue weighted by Crippen LogP contribution is 2.13. The number of hydrogen-bond acceptors (Lipinski definition) is 5. The summed E-state index contributed by atoms with van der Waals surface area (Å²) in [4.78, 5) is 24.9. The van der Waals surface area contributed by atoms with Crippen LogP contribution in [0.2, 0.25) is 0 Å². The number of ether oxygens (including phenoxy) is 3. The second-order valence-corrected chi connectivity index (χ2v) is 12.8. The summed E-state index contributed by atoms with van der Waals surface area (Å²) in [5, 5.41) is 0. The fourth-order valence-corrected chi connectivity index (χ4v) is 5.17. The molecule has 0 aromatic heterocycles. The molecule has 0 rings (SSSR count). The summed E-state index contributed by atoms with van der Waals surface area (Å²) in [7, 11) is 0. The van der Waals surface area contributed by atoms with Crippen LogP contribution in [0.25, 0.3) is 0 Å². The zero-order valence-corrected chi connectivity index (χ0v) is 31.5. The second kappa shape index (κ2) is 39.0. The van der Waals surface area contributed by atoms with E-state index in [2.05, 4.69) is 69.4 Å². The van der Waals surface area contributed by atoms with Crippen molar-refractivity contribution in [1.82, 2.24) is 0 Å². The summed E-state index contributed by atoms with van der Waals surface area (Å²) in [5.41, 5.74) is 0. The molecule has 0 spiro atoms. The van der Waals surface area contributed by atoms with Gasteiger partial charge in [-0.2, -0.15) is 0 Å². The van der Waals surface area contributed by atoms with Crippen LogP contribution in [0, 0.1) is 0 Å². The number of esters is 2. The summed E-state index contributed by atoms with van der Waals surface area (Å²) in [6.45, 7) is 7.54. The van der Waals surface area contributed by atoms with Crippen LogP contribution in [0.3, 0.4) is 0 Å². The Kier molecular flexibility index (Phi) is 37.1. The zero-order chi connectivity index (χ0) is 35.0. The van der Waals surface area contributed by atoms with E-state index in [4.69, 9.17) is 14.2 Å². The van der Waals surface area contributed by atoms with Gasteiger partial charge in [0, 0.05) is 13.0 Å². The lowest BCUT2D eigenvalue weighted by Gasteiger charge is -2.18. The second-order valence-electron chi connectivity index (χ2n) is 12.8. The summed E-state index contributed by atoms with van der Waals surface area (Å²) in [5.74, 6) is -0.549. The maximum Gasteiger partial charge on any atom is 0.309 e. The van der Waals surface area contributed by atoms with Crippen molar-refractivity contribution >= 4 is 11.9 Å². The molecule has 0 radical (unpaired) electrons. The maximum absolute atomic E-state index is 12.6. The molecule has 276 valence electrons. The van der Waals surface area contributed by atoms with Crippen molar-refractivity contribution in [3.05, 3.63) is 60.8 Å². The molecule has 1 unspecified atom stereocenters. The quantitative estimate of drug-likeness (QED) is 0.0381. The number of unbranched alkanes of at least 4 members (excludes halogenated alkanes) is 15. The highest BCUT2D eigenvalue weighted by atomic mass is 16.6. The number of carbonyl (C=O) groups is 2. The van der Waals surface area contributed by atoms with Gasteiger partial charge in [0.2, 0.25) is 0 Å². The fraction of sp³-hybridized carbons (Fsp3) is 0.721. The smallest absolute Gasteiger partial charge is 0.309 e. The minimum Gasteiger partial charge on any atom is -0.461 e. The molecule has 48 heavy (non-hydrogen) atoms. The summed E-state index contributed by atoms with van der Waals surface area (Å²) >= 11 is 0. The molecule has 0 aliphatic rings. The molecule has 0 aliphatic carbocycles. The van der Waals surface area contributed by atoms with Crippen LogP contribution in [0.4, 0.5) is 0 Å². The van der Waals surface area contributed by atoms with Crippen molar-refractivity contribution in [2.24, 2.45) is 0 Å². The first kappa shape index (κ1) is 45.6. The number of rotatable bonds is 35. The lowest BCUT2D eigenvalue weighted by Crippen LogP contribution is -2.30. The predicted molar refractivity (Wildman–Crippen MR) is 205 cm³/mol. The van der Waals surface area contributed by atoms with Crippen molar-refractivity contribution in [1.29, 1.82) is 0 Å². The molecule has 0 fully saturated rings. The van der Waals surface area contributed by atoms with E-state index < -0.39 is 6.10 Å². The zero-order valence-electron chi connectivity index (χ0n) is 31.5. The molecular weight excluding hydrogens is 596 g/mol. The molecule has 5 nitrogen and oxygen atoms in total. The predicted octanol–water partition coefficient (Wildman–Crippen LogP) is 12.7. The van der Waals surface area contributed by atoms with Crippen LogP contribution in [-0.4, -0.2) is 37.9 Å². The van der Waals surface area contributed by atoms with Crippen molar-refractivity contribution < 1.29 is 23.8 Å². The molecule has 0 aliphatic heterocycles. The molecule has 0 bridgehead atoms. The maximum atomic E-state index is 12.6. The lowest BCUT2D eigenvalue weighted by molar-refractivity contribution is -0.162. The molecule has 0 saturated heterocycles. The molecular formula is C43H74O5. The SMILES string of the molecule is CC/C=C\C/C=C\C/C=C\C/C=C\C/C=C\CC(=O)OCC(COCCCCCCCC)OC(=O)CCCCCCCCCCCCC. The van der Waals surface area contributed by atoms with Crippen LogP contribution in [0.15, 0.2) is 60.8 Å². The Morgan fingerprint density at radius 1 is 0.479 bits per heavy atom. The van der Waals surface area contributed by atoms with E-state index in [1.165, 1.54) is 83.5 Å². The van der Waals surface area contributed by atoms with Gasteiger partial charge in [0.15, 0.2) is 6.10 Å². The van der Waals surface area contributed by atoms with Crippen molar-refractivity contribution in [3.8, 4) is 0 Å². The molecule has 5 heteroatoms. The monoisotopic (exact) mass is 671 g/mol. The largest absolute Gasteiger partial charge is 0.461 e. The Morgan fingerprint density at radius 2 is 0.917 bits per heavy atom. The van der Waals surface area contributed by atoms with Gasteiger partial charge in [-0.25, -0.2) is 0 Å². The van der Waals surface area contributed by atoms with E-state index in [1.54, 1.807) is 0 Å². The van der Waals surface area contributed by atoms with Crippen LogP contribution in [-0.2, 0) is 23.8 Å². The Balaban J connectivity index is 4.31. The Bertz CT molecular complexity index is 853. The van der Waals surface area contributed by atoms with E-state index in [1.807, 2.05) is 12.2 Å².